The molecular weight excluding hydrogens is 256 g/mol. The second kappa shape index (κ2) is 7.24. The first-order valence-corrected chi connectivity index (χ1v) is 7.05. The van der Waals surface area contributed by atoms with Crippen molar-refractivity contribution in [1.29, 1.82) is 0 Å². The van der Waals surface area contributed by atoms with Gasteiger partial charge >= 0.3 is 5.69 Å². The summed E-state index contributed by atoms with van der Waals surface area (Å²) in [5.41, 5.74) is 7.04. The third-order valence-electron chi connectivity index (χ3n) is 3.31. The van der Waals surface area contributed by atoms with Crippen LogP contribution in [0.5, 0.6) is 5.75 Å². The number of nitrogens with zero attached hydrogens (tertiary/aromatic N) is 1. The van der Waals surface area contributed by atoms with E-state index in [4.69, 9.17) is 10.5 Å². The van der Waals surface area contributed by atoms with Gasteiger partial charge in [0.15, 0.2) is 5.75 Å². The standard InChI is InChI=1S/C15H24N2O3/c1-5-8-20-14-9-12(6-7-13(14)17(18)19)15(10(2)3)11(4)16/h6-7,9-11,15H,5,8,16H2,1-4H3. The molecule has 0 saturated heterocycles. The Morgan fingerprint density at radius 1 is 1.35 bits per heavy atom. The molecule has 5 nitrogen and oxygen atoms in total. The summed E-state index contributed by atoms with van der Waals surface area (Å²) in [4.78, 5) is 10.6. The second-order valence-electron chi connectivity index (χ2n) is 5.46. The van der Waals surface area contributed by atoms with Gasteiger partial charge < -0.3 is 10.5 Å². The van der Waals surface area contributed by atoms with Crippen LogP contribution in [0.2, 0.25) is 0 Å². The van der Waals surface area contributed by atoms with Crippen molar-refractivity contribution < 1.29 is 9.66 Å². The molecular formula is C15H24N2O3. The van der Waals surface area contributed by atoms with Gasteiger partial charge in [0.25, 0.3) is 0 Å². The zero-order valence-electron chi connectivity index (χ0n) is 12.6. The van der Waals surface area contributed by atoms with Gasteiger partial charge in [-0.2, -0.15) is 0 Å². The lowest BCUT2D eigenvalue weighted by atomic mass is 9.83. The molecule has 0 fully saturated rings. The first kappa shape index (κ1) is 16.4. The van der Waals surface area contributed by atoms with Crippen molar-refractivity contribution in [2.24, 2.45) is 11.7 Å². The van der Waals surface area contributed by atoms with Gasteiger partial charge in [0.2, 0.25) is 0 Å². The van der Waals surface area contributed by atoms with E-state index in [1.165, 1.54) is 6.07 Å². The monoisotopic (exact) mass is 280 g/mol. The van der Waals surface area contributed by atoms with Gasteiger partial charge in [-0.25, -0.2) is 0 Å². The molecule has 5 heteroatoms. The van der Waals surface area contributed by atoms with Gasteiger partial charge in [0.05, 0.1) is 11.5 Å². The van der Waals surface area contributed by atoms with Gasteiger partial charge in [-0.05, 0) is 30.9 Å². The Hall–Kier alpha value is -1.62. The maximum Gasteiger partial charge on any atom is 0.310 e. The van der Waals surface area contributed by atoms with Crippen LogP contribution in [0.4, 0.5) is 5.69 Å². The molecule has 0 aromatic heterocycles. The van der Waals surface area contributed by atoms with Crippen LogP contribution in [0.25, 0.3) is 0 Å². The molecule has 0 aliphatic carbocycles. The molecule has 112 valence electrons. The highest BCUT2D eigenvalue weighted by Gasteiger charge is 2.23. The van der Waals surface area contributed by atoms with Crippen molar-refractivity contribution in [2.45, 2.75) is 46.1 Å². The highest BCUT2D eigenvalue weighted by atomic mass is 16.6. The number of nitro benzene ring substituents is 1. The summed E-state index contributed by atoms with van der Waals surface area (Å²) in [6, 6.07) is 5.04. The van der Waals surface area contributed by atoms with E-state index >= 15 is 0 Å². The quantitative estimate of drug-likeness (QED) is 0.612. The fourth-order valence-corrected chi connectivity index (χ4v) is 2.51. The fourth-order valence-electron chi connectivity index (χ4n) is 2.51. The first-order chi connectivity index (χ1) is 9.38. The molecule has 1 rings (SSSR count). The van der Waals surface area contributed by atoms with Crippen LogP contribution in [0.15, 0.2) is 18.2 Å². The molecule has 2 unspecified atom stereocenters. The lowest BCUT2D eigenvalue weighted by Gasteiger charge is -2.25. The lowest BCUT2D eigenvalue weighted by Crippen LogP contribution is -2.28. The van der Waals surface area contributed by atoms with Crippen LogP contribution in [0.3, 0.4) is 0 Å². The van der Waals surface area contributed by atoms with Crippen LogP contribution in [-0.2, 0) is 0 Å². The second-order valence-corrected chi connectivity index (χ2v) is 5.46. The van der Waals surface area contributed by atoms with Gasteiger partial charge in [-0.1, -0.05) is 26.8 Å². The lowest BCUT2D eigenvalue weighted by molar-refractivity contribution is -0.385. The van der Waals surface area contributed by atoms with E-state index in [2.05, 4.69) is 13.8 Å². The van der Waals surface area contributed by atoms with Crippen molar-refractivity contribution in [1.82, 2.24) is 0 Å². The Morgan fingerprint density at radius 2 is 2.00 bits per heavy atom. The molecule has 0 aliphatic rings. The van der Waals surface area contributed by atoms with Crippen LogP contribution in [-0.4, -0.2) is 17.6 Å². The Balaban J connectivity index is 3.19. The molecule has 1 aromatic rings. The number of hydrogen-bond donors (Lipinski definition) is 1. The molecule has 2 atom stereocenters. The Kier molecular flexibility index (Phi) is 5.95. The fraction of sp³-hybridized carbons (Fsp3) is 0.600. The average Bonchev–Trinajstić information content (AvgIpc) is 2.35. The SMILES string of the molecule is CCCOc1cc(C(C(C)C)C(C)N)ccc1[N+](=O)[O-]. The van der Waals surface area contributed by atoms with Crippen molar-refractivity contribution in [3.63, 3.8) is 0 Å². The normalized spacial score (nSPS) is 14.1. The third kappa shape index (κ3) is 3.93. The molecule has 2 N–H and O–H groups in total. The maximum atomic E-state index is 11.0. The van der Waals surface area contributed by atoms with Gasteiger partial charge in [-0.3, -0.25) is 10.1 Å². The van der Waals surface area contributed by atoms with E-state index in [9.17, 15) is 10.1 Å². The van der Waals surface area contributed by atoms with E-state index in [0.717, 1.165) is 12.0 Å². The minimum absolute atomic E-state index is 0.00869. The van der Waals surface area contributed by atoms with E-state index in [1.807, 2.05) is 13.8 Å². The van der Waals surface area contributed by atoms with E-state index < -0.39 is 4.92 Å². The van der Waals surface area contributed by atoms with Crippen molar-refractivity contribution in [3.05, 3.63) is 33.9 Å². The molecule has 0 amide bonds. The highest BCUT2D eigenvalue weighted by molar-refractivity contribution is 5.49. The zero-order valence-corrected chi connectivity index (χ0v) is 12.6. The summed E-state index contributed by atoms with van der Waals surface area (Å²) in [5.74, 6) is 0.843. The molecule has 0 aliphatic heterocycles. The molecule has 0 saturated carbocycles. The third-order valence-corrected chi connectivity index (χ3v) is 3.31. The number of benzene rings is 1. The maximum absolute atomic E-state index is 11.0. The Labute approximate surface area is 120 Å². The summed E-state index contributed by atoms with van der Waals surface area (Å²) < 4.78 is 5.52. The molecule has 1 aromatic carbocycles. The molecule has 20 heavy (non-hydrogen) atoms. The van der Waals surface area contributed by atoms with Crippen LogP contribution < -0.4 is 10.5 Å². The van der Waals surface area contributed by atoms with Crippen molar-refractivity contribution >= 4 is 5.69 Å². The van der Waals surface area contributed by atoms with Gasteiger partial charge in [0.1, 0.15) is 0 Å². The number of hydrogen-bond acceptors (Lipinski definition) is 4. The molecule has 0 spiro atoms. The van der Waals surface area contributed by atoms with Crippen molar-refractivity contribution in [2.75, 3.05) is 6.61 Å². The summed E-state index contributed by atoms with van der Waals surface area (Å²) in [6.45, 7) is 8.59. The van der Waals surface area contributed by atoms with Gasteiger partial charge in [-0.15, -0.1) is 0 Å². The summed E-state index contributed by atoms with van der Waals surface area (Å²) in [7, 11) is 0. The minimum Gasteiger partial charge on any atom is -0.487 e. The summed E-state index contributed by atoms with van der Waals surface area (Å²) in [5, 5.41) is 11.0. The number of rotatable bonds is 7. The van der Waals surface area contributed by atoms with E-state index in [1.54, 1.807) is 12.1 Å². The van der Waals surface area contributed by atoms with Crippen molar-refractivity contribution in [3.8, 4) is 5.75 Å². The Bertz CT molecular complexity index is 450. The smallest absolute Gasteiger partial charge is 0.310 e. The number of nitrogens with two attached hydrogens (primary N) is 1. The summed E-state index contributed by atoms with van der Waals surface area (Å²) in [6.07, 6.45) is 0.808. The largest absolute Gasteiger partial charge is 0.487 e. The topological polar surface area (TPSA) is 78.4 Å². The highest BCUT2D eigenvalue weighted by Crippen LogP contribution is 2.34. The number of nitro groups is 1. The zero-order chi connectivity index (χ0) is 15.3. The predicted molar refractivity (Wildman–Crippen MR) is 80.1 cm³/mol. The van der Waals surface area contributed by atoms with Gasteiger partial charge in [0, 0.05) is 18.0 Å². The van der Waals surface area contributed by atoms with Crippen LogP contribution in [0.1, 0.15) is 45.6 Å². The summed E-state index contributed by atoms with van der Waals surface area (Å²) >= 11 is 0. The molecule has 0 radical (unpaired) electrons. The van der Waals surface area contributed by atoms with Crippen LogP contribution >= 0.6 is 0 Å². The first-order valence-electron chi connectivity index (χ1n) is 7.05. The Morgan fingerprint density at radius 3 is 2.45 bits per heavy atom. The van der Waals surface area contributed by atoms with E-state index in [0.29, 0.717) is 18.3 Å². The van der Waals surface area contributed by atoms with E-state index in [-0.39, 0.29) is 17.6 Å². The minimum atomic E-state index is -0.412. The average molecular weight is 280 g/mol. The predicted octanol–water partition coefficient (Wildman–Crippen LogP) is 3.47. The molecule has 0 bridgehead atoms. The van der Waals surface area contributed by atoms with Crippen LogP contribution in [0, 0.1) is 16.0 Å². The molecule has 0 heterocycles. The number of ether oxygens (including phenoxy) is 1.